The van der Waals surface area contributed by atoms with Crippen LogP contribution < -0.4 is 5.32 Å². The molecule has 4 bridgehead atoms. The number of hydrogen-bond acceptors (Lipinski definition) is 8. The maximum atomic E-state index is 13.2. The molecule has 0 aromatic carbocycles. The Morgan fingerprint density at radius 2 is 2.09 bits per heavy atom. The highest BCUT2D eigenvalue weighted by atomic mass is 32.2. The molecule has 1 aromatic heterocycles. The van der Waals surface area contributed by atoms with Crippen molar-refractivity contribution in [3.63, 3.8) is 0 Å². The fraction of sp³-hybridized carbons (Fsp3) is 0.542. The van der Waals surface area contributed by atoms with Gasteiger partial charge in [-0.15, -0.1) is 11.8 Å². The highest BCUT2D eigenvalue weighted by Crippen LogP contribution is 2.31. The van der Waals surface area contributed by atoms with Crippen molar-refractivity contribution in [2.75, 3.05) is 11.5 Å². The van der Waals surface area contributed by atoms with Crippen LogP contribution in [0, 0.1) is 5.92 Å². The first-order valence-electron chi connectivity index (χ1n) is 11.2. The zero-order chi connectivity index (χ0) is 24.0. The number of nitrogens with one attached hydrogen (secondary N) is 1. The molecule has 2 aliphatic heterocycles. The largest absolute Gasteiger partial charge is 0.456 e. The number of ether oxygens (including phenoxy) is 1. The number of carbonyl (C=O) groups is 3. The van der Waals surface area contributed by atoms with Crippen LogP contribution in [-0.4, -0.2) is 56.9 Å². The number of aromatic nitrogens is 1. The number of nitrogens with zero attached hydrogens (tertiary/aromatic N) is 2. The smallest absolute Gasteiger partial charge is 0.329 e. The standard InChI is InChI=1S/C24H31N3O4S2/c1-15(2)20-22(29)31-18(8-4-5-12-32)13-17(28)11-10-16-7-6-9-19(25-16)21-27-24(3,14-33-21)23(30)26-20/h4,6-9,15,18,20,32H,5,10-14H2,1-3H3,(H,26,30)/b8-4+/t18-,20?,24+/m1/s1. The second kappa shape index (κ2) is 11.3. The summed E-state index contributed by atoms with van der Waals surface area (Å²) in [6, 6.07) is 4.79. The number of aliphatic imine (C=N–C) groups is 1. The Hall–Kier alpha value is -2.13. The highest BCUT2D eigenvalue weighted by molar-refractivity contribution is 8.14. The molecule has 33 heavy (non-hydrogen) atoms. The van der Waals surface area contributed by atoms with Crippen molar-refractivity contribution in [2.24, 2.45) is 10.9 Å². The third-order valence-corrected chi connectivity index (χ3v) is 7.10. The summed E-state index contributed by atoms with van der Waals surface area (Å²) in [5.41, 5.74) is 0.471. The van der Waals surface area contributed by atoms with Crippen LogP contribution in [0.2, 0.25) is 0 Å². The van der Waals surface area contributed by atoms with Gasteiger partial charge in [0, 0.05) is 24.3 Å². The van der Waals surface area contributed by atoms with E-state index in [0.717, 1.165) is 5.69 Å². The Morgan fingerprint density at radius 1 is 1.30 bits per heavy atom. The molecule has 0 spiro atoms. The summed E-state index contributed by atoms with van der Waals surface area (Å²) in [6.45, 7) is 5.45. The number of aryl methyl sites for hydroxylation is 1. The second-order valence-electron chi connectivity index (χ2n) is 8.85. The molecule has 0 fully saturated rings. The van der Waals surface area contributed by atoms with E-state index in [4.69, 9.17) is 4.74 Å². The van der Waals surface area contributed by atoms with Crippen LogP contribution in [0.4, 0.5) is 0 Å². The van der Waals surface area contributed by atoms with Gasteiger partial charge in [-0.3, -0.25) is 19.6 Å². The number of carbonyl (C=O) groups excluding carboxylic acids is 3. The van der Waals surface area contributed by atoms with Gasteiger partial charge in [-0.1, -0.05) is 26.0 Å². The predicted molar refractivity (Wildman–Crippen MR) is 134 cm³/mol. The molecule has 3 rings (SSSR count). The van der Waals surface area contributed by atoms with Gasteiger partial charge in [0.25, 0.3) is 0 Å². The lowest BCUT2D eigenvalue weighted by atomic mass is 10.00. The van der Waals surface area contributed by atoms with Crippen molar-refractivity contribution in [1.29, 1.82) is 0 Å². The van der Waals surface area contributed by atoms with Gasteiger partial charge in [0.05, 0.1) is 5.69 Å². The van der Waals surface area contributed by atoms with Crippen molar-refractivity contribution in [3.8, 4) is 0 Å². The highest BCUT2D eigenvalue weighted by Gasteiger charge is 2.41. The first-order valence-corrected chi connectivity index (χ1v) is 12.8. The van der Waals surface area contributed by atoms with Crippen LogP contribution >= 0.6 is 24.4 Å². The number of allylic oxidation sites excluding steroid dienone is 1. The minimum Gasteiger partial charge on any atom is -0.456 e. The summed E-state index contributed by atoms with van der Waals surface area (Å²) in [5.74, 6) is 0.00134. The molecule has 0 saturated carbocycles. The lowest BCUT2D eigenvalue weighted by Gasteiger charge is -2.27. The molecule has 1 amide bonds. The summed E-state index contributed by atoms with van der Waals surface area (Å²) in [6.07, 6.45) is 4.45. The van der Waals surface area contributed by atoms with Crippen molar-refractivity contribution < 1.29 is 19.1 Å². The first kappa shape index (κ1) is 25.5. The van der Waals surface area contributed by atoms with E-state index < -0.39 is 23.7 Å². The van der Waals surface area contributed by atoms with Gasteiger partial charge in [-0.05, 0) is 49.6 Å². The van der Waals surface area contributed by atoms with E-state index in [1.807, 2.05) is 38.1 Å². The average Bonchev–Trinajstić information content (AvgIpc) is 3.19. The predicted octanol–water partition coefficient (Wildman–Crippen LogP) is 3.17. The number of thiol groups is 1. The van der Waals surface area contributed by atoms with Gasteiger partial charge in [-0.25, -0.2) is 4.79 Å². The molecular formula is C24H31N3O4S2. The lowest BCUT2D eigenvalue weighted by molar-refractivity contribution is -0.153. The van der Waals surface area contributed by atoms with Gasteiger partial charge in [0.2, 0.25) is 5.91 Å². The van der Waals surface area contributed by atoms with Crippen LogP contribution in [0.15, 0.2) is 35.3 Å². The van der Waals surface area contributed by atoms with E-state index in [2.05, 4.69) is 27.9 Å². The van der Waals surface area contributed by atoms with E-state index >= 15 is 0 Å². The molecule has 1 unspecified atom stereocenters. The summed E-state index contributed by atoms with van der Waals surface area (Å²) >= 11 is 5.66. The fourth-order valence-corrected chi connectivity index (χ4v) is 4.86. The summed E-state index contributed by atoms with van der Waals surface area (Å²) in [4.78, 5) is 48.2. The van der Waals surface area contributed by atoms with Crippen molar-refractivity contribution in [3.05, 3.63) is 41.7 Å². The van der Waals surface area contributed by atoms with Gasteiger partial charge in [-0.2, -0.15) is 12.6 Å². The molecular weight excluding hydrogens is 458 g/mol. The Bertz CT molecular complexity index is 963. The number of Topliss-reactive ketones (excluding diaryl/α,β-unsaturated/α-hetero) is 1. The Labute approximate surface area is 204 Å². The number of fused-ring (bicyclic) bond motifs is 4. The van der Waals surface area contributed by atoms with Crippen LogP contribution in [-0.2, 0) is 25.5 Å². The SMILES string of the molecule is CC(C)C1NC(=O)[C@]2(C)CSC(=N2)c2cccc(n2)CCC(=O)C[C@@H](/C=C/CCS)OC1=O. The number of esters is 1. The van der Waals surface area contributed by atoms with Crippen LogP contribution in [0.3, 0.4) is 0 Å². The molecule has 7 nitrogen and oxygen atoms in total. The van der Waals surface area contributed by atoms with Gasteiger partial charge in [0.1, 0.15) is 28.5 Å². The summed E-state index contributed by atoms with van der Waals surface area (Å²) in [5, 5.41) is 3.53. The second-order valence-corrected chi connectivity index (χ2v) is 10.3. The Kier molecular flexibility index (Phi) is 8.75. The zero-order valence-corrected chi connectivity index (χ0v) is 21.0. The number of rotatable bonds is 4. The van der Waals surface area contributed by atoms with E-state index in [1.54, 1.807) is 13.0 Å². The van der Waals surface area contributed by atoms with Gasteiger partial charge < -0.3 is 10.1 Å². The van der Waals surface area contributed by atoms with Gasteiger partial charge >= 0.3 is 5.97 Å². The maximum Gasteiger partial charge on any atom is 0.329 e. The molecule has 1 aromatic rings. The molecule has 2 aliphatic rings. The molecule has 1 N–H and O–H groups in total. The van der Waals surface area contributed by atoms with E-state index in [1.165, 1.54) is 11.8 Å². The monoisotopic (exact) mass is 489 g/mol. The molecule has 9 heteroatoms. The lowest BCUT2D eigenvalue weighted by Crippen LogP contribution is -2.53. The number of hydrogen-bond donors (Lipinski definition) is 2. The fourth-order valence-electron chi connectivity index (χ4n) is 3.57. The number of pyridine rings is 1. The number of amides is 1. The third kappa shape index (κ3) is 6.69. The van der Waals surface area contributed by atoms with Crippen LogP contribution in [0.5, 0.6) is 0 Å². The molecule has 0 aliphatic carbocycles. The maximum absolute atomic E-state index is 13.2. The van der Waals surface area contributed by atoms with E-state index in [9.17, 15) is 14.4 Å². The van der Waals surface area contributed by atoms with E-state index in [-0.39, 0.29) is 24.0 Å². The van der Waals surface area contributed by atoms with Crippen molar-refractivity contribution in [1.82, 2.24) is 10.3 Å². The van der Waals surface area contributed by atoms with Gasteiger partial charge in [0.15, 0.2) is 0 Å². The third-order valence-electron chi connectivity index (χ3n) is 5.56. The summed E-state index contributed by atoms with van der Waals surface area (Å²) < 4.78 is 5.70. The molecule has 3 heterocycles. The number of ketones is 1. The normalized spacial score (nSPS) is 26.9. The topological polar surface area (TPSA) is 97.7 Å². The summed E-state index contributed by atoms with van der Waals surface area (Å²) in [7, 11) is 0. The minimum atomic E-state index is -1.01. The van der Waals surface area contributed by atoms with Crippen LogP contribution in [0.1, 0.15) is 51.4 Å². The molecule has 0 saturated heterocycles. The number of cyclic esters (lactones) is 1. The zero-order valence-electron chi connectivity index (χ0n) is 19.2. The van der Waals surface area contributed by atoms with Crippen LogP contribution in [0.25, 0.3) is 0 Å². The molecule has 0 radical (unpaired) electrons. The first-order chi connectivity index (χ1) is 15.7. The Balaban J connectivity index is 1.95. The number of thioether (sulfide) groups is 1. The quantitative estimate of drug-likeness (QED) is 0.383. The Morgan fingerprint density at radius 3 is 2.82 bits per heavy atom. The average molecular weight is 490 g/mol. The van der Waals surface area contributed by atoms with E-state index in [0.29, 0.717) is 41.5 Å². The van der Waals surface area contributed by atoms with Crippen molar-refractivity contribution in [2.45, 2.75) is 64.1 Å². The van der Waals surface area contributed by atoms with Crippen molar-refractivity contribution >= 4 is 47.1 Å². The molecule has 178 valence electrons. The minimum absolute atomic E-state index is 0.0205. The molecule has 3 atom stereocenters.